The Hall–Kier alpha value is -3.11. The molecule has 11 heteroatoms. The van der Waals surface area contributed by atoms with Crippen LogP contribution in [0.5, 0.6) is 0 Å². The van der Waals surface area contributed by atoms with Crippen LogP contribution in [0.15, 0.2) is 30.5 Å². The Labute approximate surface area is 229 Å². The maximum Gasteiger partial charge on any atom is 0.253 e. The molecule has 38 heavy (non-hydrogen) atoms. The molecule has 1 saturated carbocycles. The van der Waals surface area contributed by atoms with Gasteiger partial charge in [0.05, 0.1) is 16.3 Å². The number of hydrogen-bond acceptors (Lipinski definition) is 7. The standard InChI is InChI=1S/C27H28ClFN6O2S/c1-15-21(9-18(28)11-30-15)24(36)31-20-6-3-17(4-7-20)12-35-23-8-5-19(29)10-22(23)27(25(35)37)13-34(14-27)26-33-32-16(2)38-26/h5,8-11,17,20H,3-4,6-7,12-14H2,1-2H3,(H,31,36)/t17-,20-. The van der Waals surface area contributed by atoms with Gasteiger partial charge in [0.15, 0.2) is 0 Å². The summed E-state index contributed by atoms with van der Waals surface area (Å²) in [4.78, 5) is 34.7. The molecule has 8 nitrogen and oxygen atoms in total. The molecule has 1 aromatic carbocycles. The summed E-state index contributed by atoms with van der Waals surface area (Å²) in [5, 5.41) is 13.5. The molecule has 2 aliphatic heterocycles. The molecule has 2 aromatic heterocycles. The van der Waals surface area contributed by atoms with Crippen molar-refractivity contribution >= 4 is 45.6 Å². The number of fused-ring (bicyclic) bond motifs is 2. The predicted octanol–water partition coefficient (Wildman–Crippen LogP) is 4.44. The number of anilines is 2. The average molecular weight is 555 g/mol. The van der Waals surface area contributed by atoms with Crippen LogP contribution in [-0.2, 0) is 10.2 Å². The van der Waals surface area contributed by atoms with Gasteiger partial charge in [0.2, 0.25) is 11.0 Å². The lowest BCUT2D eigenvalue weighted by Gasteiger charge is -2.46. The molecule has 4 heterocycles. The number of rotatable bonds is 5. The van der Waals surface area contributed by atoms with Gasteiger partial charge in [0.1, 0.15) is 16.2 Å². The fourth-order valence-electron chi connectivity index (χ4n) is 6.00. The second-order valence-electron chi connectivity index (χ2n) is 10.6. The van der Waals surface area contributed by atoms with E-state index in [0.717, 1.165) is 47.1 Å². The number of nitrogens with one attached hydrogen (secondary N) is 1. The van der Waals surface area contributed by atoms with Gasteiger partial charge in [-0.05, 0) is 75.3 Å². The van der Waals surface area contributed by atoms with Gasteiger partial charge in [0, 0.05) is 37.6 Å². The van der Waals surface area contributed by atoms with Crippen molar-refractivity contribution in [2.45, 2.75) is 51.0 Å². The highest BCUT2D eigenvalue weighted by Gasteiger charge is 2.59. The van der Waals surface area contributed by atoms with E-state index < -0.39 is 5.41 Å². The van der Waals surface area contributed by atoms with Crippen LogP contribution in [0.4, 0.5) is 15.2 Å². The Morgan fingerprint density at radius 2 is 1.95 bits per heavy atom. The second kappa shape index (κ2) is 9.57. The lowest BCUT2D eigenvalue weighted by Crippen LogP contribution is -2.64. The molecule has 3 aromatic rings. The van der Waals surface area contributed by atoms with Crippen molar-refractivity contribution in [3.05, 3.63) is 63.1 Å². The maximum absolute atomic E-state index is 14.3. The van der Waals surface area contributed by atoms with Crippen LogP contribution in [-0.4, -0.2) is 52.7 Å². The smallest absolute Gasteiger partial charge is 0.253 e. The molecule has 198 valence electrons. The summed E-state index contributed by atoms with van der Waals surface area (Å²) in [5.41, 5.74) is 1.98. The summed E-state index contributed by atoms with van der Waals surface area (Å²) in [6.07, 6.45) is 4.98. The third-order valence-corrected chi connectivity index (χ3v) is 9.15. The van der Waals surface area contributed by atoms with Crippen molar-refractivity contribution in [1.29, 1.82) is 0 Å². The van der Waals surface area contributed by atoms with Crippen LogP contribution >= 0.6 is 22.9 Å². The minimum atomic E-state index is -0.745. The molecule has 1 spiro atoms. The van der Waals surface area contributed by atoms with Gasteiger partial charge in [0.25, 0.3) is 5.91 Å². The number of carbonyl (C=O) groups is 2. The number of amides is 2. The van der Waals surface area contributed by atoms with E-state index in [-0.39, 0.29) is 23.7 Å². The van der Waals surface area contributed by atoms with Crippen molar-refractivity contribution in [1.82, 2.24) is 20.5 Å². The first-order chi connectivity index (χ1) is 18.2. The first-order valence-corrected chi connectivity index (χ1v) is 14.0. The highest BCUT2D eigenvalue weighted by Crippen LogP contribution is 2.49. The Kier molecular flexibility index (Phi) is 6.34. The van der Waals surface area contributed by atoms with Gasteiger partial charge in [-0.2, -0.15) is 0 Å². The quantitative estimate of drug-likeness (QED) is 0.501. The van der Waals surface area contributed by atoms with Crippen LogP contribution in [0, 0.1) is 25.6 Å². The van der Waals surface area contributed by atoms with Gasteiger partial charge in [-0.3, -0.25) is 14.6 Å². The molecule has 1 saturated heterocycles. The highest BCUT2D eigenvalue weighted by atomic mass is 35.5. The SMILES string of the molecule is Cc1nnc(N2CC3(C2)C(=O)N(C[C@H]2CC[C@H](NC(=O)c4cc(Cl)cnc4C)CC2)c2ccc(F)cc23)s1. The van der Waals surface area contributed by atoms with E-state index >= 15 is 0 Å². The minimum Gasteiger partial charge on any atom is -0.349 e. The summed E-state index contributed by atoms with van der Waals surface area (Å²) in [5.74, 6) is -0.148. The molecule has 1 aliphatic carbocycles. The Morgan fingerprint density at radius 3 is 2.66 bits per heavy atom. The van der Waals surface area contributed by atoms with Crippen LogP contribution in [0.2, 0.25) is 5.02 Å². The van der Waals surface area contributed by atoms with E-state index in [1.165, 1.54) is 29.7 Å². The Bertz CT molecular complexity index is 1420. The molecular formula is C27H28ClFN6O2S. The molecular weight excluding hydrogens is 527 g/mol. The topological polar surface area (TPSA) is 91.3 Å². The third kappa shape index (κ3) is 4.33. The van der Waals surface area contributed by atoms with Gasteiger partial charge in [-0.15, -0.1) is 10.2 Å². The van der Waals surface area contributed by atoms with Crippen LogP contribution in [0.1, 0.15) is 52.3 Å². The van der Waals surface area contributed by atoms with E-state index in [1.807, 2.05) is 16.7 Å². The number of carbonyl (C=O) groups excluding carboxylic acids is 2. The summed E-state index contributed by atoms with van der Waals surface area (Å²) in [7, 11) is 0. The molecule has 2 fully saturated rings. The van der Waals surface area contributed by atoms with Gasteiger partial charge >= 0.3 is 0 Å². The Balaban J connectivity index is 1.11. The first kappa shape index (κ1) is 25.2. The lowest BCUT2D eigenvalue weighted by atomic mass is 9.75. The van der Waals surface area contributed by atoms with E-state index in [9.17, 15) is 14.0 Å². The summed E-state index contributed by atoms with van der Waals surface area (Å²) in [6, 6.07) is 6.40. The van der Waals surface area contributed by atoms with Gasteiger partial charge < -0.3 is 15.1 Å². The summed E-state index contributed by atoms with van der Waals surface area (Å²) < 4.78 is 14.3. The van der Waals surface area contributed by atoms with Crippen LogP contribution in [0.3, 0.4) is 0 Å². The first-order valence-electron chi connectivity index (χ1n) is 12.8. The number of aromatic nitrogens is 3. The predicted molar refractivity (Wildman–Crippen MR) is 144 cm³/mol. The minimum absolute atomic E-state index is 0.0370. The molecule has 2 amide bonds. The van der Waals surface area contributed by atoms with Gasteiger partial charge in [-0.1, -0.05) is 22.9 Å². The zero-order valence-corrected chi connectivity index (χ0v) is 22.8. The normalized spacial score (nSPS) is 21.9. The van der Waals surface area contributed by atoms with Gasteiger partial charge in [-0.25, -0.2) is 4.39 Å². The van der Waals surface area contributed by atoms with Crippen molar-refractivity contribution in [3.63, 3.8) is 0 Å². The molecule has 3 aliphatic rings. The van der Waals surface area contributed by atoms with Crippen LogP contribution < -0.4 is 15.1 Å². The number of aryl methyl sites for hydroxylation is 2. The summed E-state index contributed by atoms with van der Waals surface area (Å²) in [6.45, 7) is 5.24. The van der Waals surface area contributed by atoms with E-state index in [0.29, 0.717) is 41.8 Å². The number of hydrogen-bond donors (Lipinski definition) is 1. The van der Waals surface area contributed by atoms with Crippen molar-refractivity contribution in [2.24, 2.45) is 5.92 Å². The molecule has 6 rings (SSSR count). The van der Waals surface area contributed by atoms with E-state index in [1.54, 1.807) is 19.1 Å². The number of pyridine rings is 1. The lowest BCUT2D eigenvalue weighted by molar-refractivity contribution is -0.124. The van der Waals surface area contributed by atoms with Crippen molar-refractivity contribution in [2.75, 3.05) is 29.4 Å². The van der Waals surface area contributed by atoms with Crippen LogP contribution in [0.25, 0.3) is 0 Å². The monoisotopic (exact) mass is 554 g/mol. The zero-order valence-electron chi connectivity index (χ0n) is 21.2. The molecule has 0 atom stereocenters. The molecule has 0 bridgehead atoms. The molecule has 0 radical (unpaired) electrons. The van der Waals surface area contributed by atoms with E-state index in [4.69, 9.17) is 11.6 Å². The third-order valence-electron chi connectivity index (χ3n) is 8.05. The van der Waals surface area contributed by atoms with Crippen molar-refractivity contribution < 1.29 is 14.0 Å². The highest BCUT2D eigenvalue weighted by molar-refractivity contribution is 7.15. The largest absolute Gasteiger partial charge is 0.349 e. The average Bonchev–Trinajstić information content (AvgIpc) is 3.39. The van der Waals surface area contributed by atoms with Crippen molar-refractivity contribution in [3.8, 4) is 0 Å². The maximum atomic E-state index is 14.3. The Morgan fingerprint density at radius 1 is 1.18 bits per heavy atom. The molecule has 1 N–H and O–H groups in total. The molecule has 0 unspecified atom stereocenters. The number of halogens is 2. The summed E-state index contributed by atoms with van der Waals surface area (Å²) >= 11 is 7.53. The fraction of sp³-hybridized carbons (Fsp3) is 0.444. The zero-order chi connectivity index (χ0) is 26.6. The van der Waals surface area contributed by atoms with E-state index in [2.05, 4.69) is 20.5 Å². The fourth-order valence-corrected chi connectivity index (χ4v) is 6.84. The second-order valence-corrected chi connectivity index (χ2v) is 12.2. The number of benzene rings is 1. The number of nitrogens with zero attached hydrogens (tertiary/aromatic N) is 5.